The smallest absolute Gasteiger partial charge is 0.321 e. The number of carboxylic acids is 1. The summed E-state index contributed by atoms with van der Waals surface area (Å²) >= 11 is 0. The molecule has 0 radical (unpaired) electrons. The molecule has 0 heterocycles. The van der Waals surface area contributed by atoms with Crippen LogP contribution in [0.15, 0.2) is 18.2 Å². The van der Waals surface area contributed by atoms with E-state index >= 15 is 0 Å². The molecule has 0 saturated heterocycles. The Bertz CT molecular complexity index is 603. The maximum absolute atomic E-state index is 12.0. The summed E-state index contributed by atoms with van der Waals surface area (Å²) in [5, 5.41) is 25.0. The quantitative estimate of drug-likeness (QED) is 0.319. The van der Waals surface area contributed by atoms with Crippen LogP contribution in [0.4, 0.5) is 17.1 Å². The Hall–Kier alpha value is -2.68. The third kappa shape index (κ3) is 5.91. The van der Waals surface area contributed by atoms with E-state index in [-0.39, 0.29) is 29.4 Å². The van der Waals surface area contributed by atoms with E-state index in [0.717, 1.165) is 6.07 Å². The average molecular weight is 324 g/mol. The van der Waals surface area contributed by atoms with E-state index < -0.39 is 22.8 Å². The normalized spacial score (nSPS) is 12.0. The molecule has 0 bridgehead atoms. The van der Waals surface area contributed by atoms with Crippen LogP contribution in [0.1, 0.15) is 20.3 Å². The predicted molar refractivity (Wildman–Crippen MR) is 85.0 cm³/mol. The van der Waals surface area contributed by atoms with Crippen LogP contribution in [-0.4, -0.2) is 34.5 Å². The molecule has 23 heavy (non-hydrogen) atoms. The summed E-state index contributed by atoms with van der Waals surface area (Å²) in [4.78, 5) is 33.2. The molecule has 0 spiro atoms. The number of anilines is 2. The number of hydrogen-bond acceptors (Lipinski definition) is 6. The van der Waals surface area contributed by atoms with Crippen molar-refractivity contribution in [2.45, 2.75) is 26.3 Å². The Kier molecular flexibility index (Phi) is 6.46. The Morgan fingerprint density at radius 1 is 1.39 bits per heavy atom. The summed E-state index contributed by atoms with van der Waals surface area (Å²) in [5.41, 5.74) is 5.68. The maximum atomic E-state index is 12.0. The number of non-ortho nitro benzene ring substituents is 1. The minimum absolute atomic E-state index is 0.0807. The van der Waals surface area contributed by atoms with Crippen molar-refractivity contribution < 1.29 is 19.6 Å². The Balaban J connectivity index is 2.76. The van der Waals surface area contributed by atoms with E-state index in [9.17, 15) is 19.7 Å². The van der Waals surface area contributed by atoms with E-state index in [4.69, 9.17) is 10.8 Å². The fourth-order valence-electron chi connectivity index (χ4n) is 1.78. The first-order chi connectivity index (χ1) is 10.7. The van der Waals surface area contributed by atoms with Gasteiger partial charge in [0, 0.05) is 12.1 Å². The van der Waals surface area contributed by atoms with E-state index in [1.165, 1.54) is 12.1 Å². The van der Waals surface area contributed by atoms with Crippen LogP contribution < -0.4 is 16.4 Å². The van der Waals surface area contributed by atoms with Gasteiger partial charge in [-0.05, 0) is 18.5 Å². The van der Waals surface area contributed by atoms with Gasteiger partial charge in [-0.15, -0.1) is 0 Å². The van der Waals surface area contributed by atoms with Crippen LogP contribution >= 0.6 is 0 Å². The number of amides is 1. The largest absolute Gasteiger partial charge is 0.480 e. The van der Waals surface area contributed by atoms with E-state index in [1.54, 1.807) is 0 Å². The lowest BCUT2D eigenvalue weighted by Gasteiger charge is -2.16. The zero-order valence-electron chi connectivity index (χ0n) is 12.9. The molecule has 0 aromatic heterocycles. The SMILES string of the molecule is CC(C)CN[C@@H](CC(=O)Nc1cc([N+](=O)[O-])ccc1N)C(=O)O. The van der Waals surface area contributed by atoms with Gasteiger partial charge in [0.15, 0.2) is 0 Å². The van der Waals surface area contributed by atoms with Gasteiger partial charge in [-0.1, -0.05) is 13.8 Å². The molecule has 0 aliphatic carbocycles. The van der Waals surface area contributed by atoms with Crippen molar-refractivity contribution in [1.82, 2.24) is 5.32 Å². The Morgan fingerprint density at radius 3 is 2.57 bits per heavy atom. The minimum atomic E-state index is -1.15. The second-order valence-corrected chi connectivity index (χ2v) is 5.47. The number of nitrogen functional groups attached to an aromatic ring is 1. The Labute approximate surface area is 133 Å². The van der Waals surface area contributed by atoms with Crippen LogP contribution in [0.5, 0.6) is 0 Å². The van der Waals surface area contributed by atoms with Gasteiger partial charge in [0.05, 0.1) is 22.7 Å². The lowest BCUT2D eigenvalue weighted by molar-refractivity contribution is -0.384. The molecule has 1 aromatic carbocycles. The number of carbonyl (C=O) groups excluding carboxylic acids is 1. The molecule has 1 amide bonds. The Morgan fingerprint density at radius 2 is 2.04 bits per heavy atom. The maximum Gasteiger partial charge on any atom is 0.321 e. The number of hydrogen-bond donors (Lipinski definition) is 4. The van der Waals surface area contributed by atoms with Gasteiger partial charge in [0.25, 0.3) is 5.69 Å². The van der Waals surface area contributed by atoms with Crippen molar-refractivity contribution in [1.29, 1.82) is 0 Å². The number of nitrogens with zero attached hydrogens (tertiary/aromatic N) is 1. The first-order valence-corrected chi connectivity index (χ1v) is 7.00. The van der Waals surface area contributed by atoms with Gasteiger partial charge in [-0.25, -0.2) is 0 Å². The van der Waals surface area contributed by atoms with E-state index in [0.29, 0.717) is 6.54 Å². The highest BCUT2D eigenvalue weighted by Gasteiger charge is 2.21. The van der Waals surface area contributed by atoms with Crippen LogP contribution in [-0.2, 0) is 9.59 Å². The van der Waals surface area contributed by atoms with Gasteiger partial charge < -0.3 is 21.5 Å². The number of nitrogens with one attached hydrogen (secondary N) is 2. The summed E-state index contributed by atoms with van der Waals surface area (Å²) in [7, 11) is 0. The van der Waals surface area contributed by atoms with Gasteiger partial charge in [-0.3, -0.25) is 19.7 Å². The summed E-state index contributed by atoms with van der Waals surface area (Å²) in [6, 6.07) is 2.61. The van der Waals surface area contributed by atoms with Gasteiger partial charge >= 0.3 is 5.97 Å². The van der Waals surface area contributed by atoms with Gasteiger partial charge in [-0.2, -0.15) is 0 Å². The number of nitro groups is 1. The van der Waals surface area contributed by atoms with Crippen molar-refractivity contribution in [3.8, 4) is 0 Å². The number of carboxylic acid groups (broad SMARTS) is 1. The first kappa shape index (κ1) is 18.4. The molecule has 9 nitrogen and oxygen atoms in total. The number of nitrogens with two attached hydrogens (primary N) is 1. The summed E-state index contributed by atoms with van der Waals surface area (Å²) < 4.78 is 0. The van der Waals surface area contributed by atoms with E-state index in [1.807, 2.05) is 13.8 Å². The summed E-state index contributed by atoms with van der Waals surface area (Å²) in [6.45, 7) is 4.27. The van der Waals surface area contributed by atoms with Crippen LogP contribution in [0, 0.1) is 16.0 Å². The van der Waals surface area contributed by atoms with Crippen LogP contribution in [0.3, 0.4) is 0 Å². The summed E-state index contributed by atoms with van der Waals surface area (Å²) in [5.74, 6) is -1.51. The molecular weight excluding hydrogens is 304 g/mol. The third-order valence-electron chi connectivity index (χ3n) is 2.98. The molecule has 0 aliphatic rings. The zero-order valence-corrected chi connectivity index (χ0v) is 12.9. The monoisotopic (exact) mass is 324 g/mol. The van der Waals surface area contributed by atoms with Gasteiger partial charge in [0.1, 0.15) is 6.04 Å². The molecule has 126 valence electrons. The second-order valence-electron chi connectivity index (χ2n) is 5.47. The van der Waals surface area contributed by atoms with Crippen LogP contribution in [0.25, 0.3) is 0 Å². The lowest BCUT2D eigenvalue weighted by Crippen LogP contribution is -2.41. The number of rotatable bonds is 8. The lowest BCUT2D eigenvalue weighted by atomic mass is 10.1. The van der Waals surface area contributed by atoms with E-state index in [2.05, 4.69) is 10.6 Å². The highest BCUT2D eigenvalue weighted by molar-refractivity contribution is 5.96. The molecular formula is C14H20N4O5. The third-order valence-corrected chi connectivity index (χ3v) is 2.98. The predicted octanol–water partition coefficient (Wildman–Crippen LogP) is 1.20. The fourth-order valence-corrected chi connectivity index (χ4v) is 1.78. The van der Waals surface area contributed by atoms with Crippen molar-refractivity contribution in [3.05, 3.63) is 28.3 Å². The first-order valence-electron chi connectivity index (χ1n) is 7.00. The number of benzene rings is 1. The van der Waals surface area contributed by atoms with Crippen molar-refractivity contribution in [2.24, 2.45) is 5.92 Å². The fraction of sp³-hybridized carbons (Fsp3) is 0.429. The standard InChI is InChI=1S/C14H20N4O5/c1-8(2)7-16-12(14(20)21)6-13(19)17-11-5-9(18(22)23)3-4-10(11)15/h3-5,8,12,16H,6-7,15H2,1-2H3,(H,17,19)(H,20,21)/t12-/m0/s1. The molecule has 0 aliphatic heterocycles. The highest BCUT2D eigenvalue weighted by Crippen LogP contribution is 2.24. The van der Waals surface area contributed by atoms with Crippen LogP contribution in [0.2, 0.25) is 0 Å². The molecule has 1 rings (SSSR count). The molecule has 1 aromatic rings. The molecule has 5 N–H and O–H groups in total. The summed E-state index contributed by atoms with van der Waals surface area (Å²) in [6.07, 6.45) is -0.315. The van der Waals surface area contributed by atoms with Crippen molar-refractivity contribution >= 4 is 28.9 Å². The molecule has 1 atom stereocenters. The number of aliphatic carboxylic acids is 1. The highest BCUT2D eigenvalue weighted by atomic mass is 16.6. The topological polar surface area (TPSA) is 148 Å². The van der Waals surface area contributed by atoms with Crippen molar-refractivity contribution in [2.75, 3.05) is 17.6 Å². The second kappa shape index (κ2) is 8.08. The number of carbonyl (C=O) groups is 2. The van der Waals surface area contributed by atoms with Crippen molar-refractivity contribution in [3.63, 3.8) is 0 Å². The number of nitro benzene ring substituents is 1. The molecule has 0 saturated carbocycles. The molecule has 9 heteroatoms. The van der Waals surface area contributed by atoms with Gasteiger partial charge in [0.2, 0.25) is 5.91 Å². The molecule has 0 fully saturated rings. The zero-order chi connectivity index (χ0) is 17.6. The molecule has 0 unspecified atom stereocenters. The minimum Gasteiger partial charge on any atom is -0.480 e. The average Bonchev–Trinajstić information content (AvgIpc) is 2.44.